The minimum Gasteiger partial charge on any atom is -0.263 e. The van der Waals surface area contributed by atoms with Crippen molar-refractivity contribution in [1.82, 2.24) is 0 Å². The van der Waals surface area contributed by atoms with E-state index in [9.17, 15) is 10.1 Å². The largest absolute Gasteiger partial charge is 0.296 e. The molecule has 0 bridgehead atoms. The molecule has 3 nitrogen and oxygen atoms in total. The molecule has 0 aromatic rings. The summed E-state index contributed by atoms with van der Waals surface area (Å²) < 4.78 is -1.05. The van der Waals surface area contributed by atoms with Gasteiger partial charge in [-0.1, -0.05) is 18.2 Å². The van der Waals surface area contributed by atoms with Gasteiger partial charge in [0.15, 0.2) is 0 Å². The lowest BCUT2D eigenvalue weighted by molar-refractivity contribution is -0.520. The predicted octanol–water partition coefficient (Wildman–Crippen LogP) is 1.87. The summed E-state index contributed by atoms with van der Waals surface area (Å²) in [5, 5.41) is 10.3. The molecule has 0 N–H and O–H groups in total. The van der Waals surface area contributed by atoms with E-state index in [0.717, 1.165) is 0 Å². The normalized spacial score (nSPS) is 30.5. The summed E-state index contributed by atoms with van der Waals surface area (Å²) in [6, 6.07) is 0. The number of hydrogen-bond acceptors (Lipinski definition) is 2. The van der Waals surface area contributed by atoms with Crippen molar-refractivity contribution in [3.05, 3.63) is 34.4 Å². The highest BCUT2D eigenvalue weighted by Gasteiger charge is 2.35. The Morgan fingerprint density at radius 2 is 2.30 bits per heavy atom. The Morgan fingerprint density at radius 3 is 2.60 bits per heavy atom. The third-order valence-electron chi connectivity index (χ3n) is 1.31. The fourth-order valence-electron chi connectivity index (χ4n) is 0.718. The monoisotopic (exact) mass is 203 g/mol. The number of hydrogen-bond donors (Lipinski definition) is 0. The maximum Gasteiger partial charge on any atom is 0.296 e. The fraction of sp³-hybridized carbons (Fsp3) is 0.333. The number of rotatable bonds is 1. The third-order valence-corrected chi connectivity index (χ3v) is 2.18. The van der Waals surface area contributed by atoms with Gasteiger partial charge in [0.25, 0.3) is 4.45 Å². The molecule has 0 aromatic heterocycles. The van der Waals surface area contributed by atoms with Crippen molar-refractivity contribution in [3.63, 3.8) is 0 Å². The smallest absolute Gasteiger partial charge is 0.263 e. The van der Waals surface area contributed by atoms with Crippen LogP contribution in [0.15, 0.2) is 24.3 Å². The van der Waals surface area contributed by atoms with E-state index in [2.05, 4.69) is 15.9 Å². The minimum absolute atomic E-state index is 0.340. The fourth-order valence-corrected chi connectivity index (χ4v) is 1.06. The molecule has 1 aliphatic carbocycles. The minimum atomic E-state index is -1.05. The molecule has 0 saturated heterocycles. The first-order valence-electron chi connectivity index (χ1n) is 2.83. The van der Waals surface area contributed by atoms with Gasteiger partial charge in [-0.3, -0.25) is 10.1 Å². The molecule has 1 aliphatic rings. The predicted molar refractivity (Wildman–Crippen MR) is 41.5 cm³/mol. The molecule has 0 saturated carbocycles. The van der Waals surface area contributed by atoms with Crippen LogP contribution in [0.5, 0.6) is 0 Å². The lowest BCUT2D eigenvalue weighted by Gasteiger charge is -2.13. The van der Waals surface area contributed by atoms with Crippen molar-refractivity contribution in [2.75, 3.05) is 0 Å². The average molecular weight is 204 g/mol. The van der Waals surface area contributed by atoms with Crippen LogP contribution in [0, 0.1) is 10.1 Å². The molecule has 4 heteroatoms. The number of alkyl halides is 1. The van der Waals surface area contributed by atoms with E-state index in [1.165, 1.54) is 6.08 Å². The second kappa shape index (κ2) is 2.54. The topological polar surface area (TPSA) is 43.1 Å². The van der Waals surface area contributed by atoms with Crippen LogP contribution < -0.4 is 0 Å². The summed E-state index contributed by atoms with van der Waals surface area (Å²) in [6.45, 7) is 0. The van der Waals surface area contributed by atoms with E-state index in [1.807, 2.05) is 0 Å². The highest BCUT2D eigenvalue weighted by molar-refractivity contribution is 9.10. The molecule has 1 unspecified atom stereocenters. The van der Waals surface area contributed by atoms with Crippen LogP contribution in [0.25, 0.3) is 0 Å². The van der Waals surface area contributed by atoms with Crippen LogP contribution in [0.3, 0.4) is 0 Å². The molecular formula is C6H6BrNO2. The zero-order valence-corrected chi connectivity index (χ0v) is 6.74. The summed E-state index contributed by atoms with van der Waals surface area (Å²) >= 11 is 3.02. The summed E-state index contributed by atoms with van der Waals surface area (Å²) in [6.07, 6.45) is 7.17. The second-order valence-electron chi connectivity index (χ2n) is 2.07. The molecule has 1 rings (SSSR count). The molecule has 0 aliphatic heterocycles. The van der Waals surface area contributed by atoms with Crippen molar-refractivity contribution in [1.29, 1.82) is 0 Å². The number of nitro groups is 1. The van der Waals surface area contributed by atoms with Crippen LogP contribution in [0.1, 0.15) is 6.42 Å². The zero-order chi connectivity index (χ0) is 7.61. The van der Waals surface area contributed by atoms with Crippen molar-refractivity contribution >= 4 is 15.9 Å². The first kappa shape index (κ1) is 7.47. The van der Waals surface area contributed by atoms with Gasteiger partial charge in [-0.2, -0.15) is 0 Å². The van der Waals surface area contributed by atoms with E-state index < -0.39 is 4.45 Å². The Balaban J connectivity index is 2.80. The van der Waals surface area contributed by atoms with Gasteiger partial charge in [0.1, 0.15) is 0 Å². The van der Waals surface area contributed by atoms with Gasteiger partial charge in [0.05, 0.1) is 6.42 Å². The summed E-state index contributed by atoms with van der Waals surface area (Å²) in [5.41, 5.74) is 0. The Labute approximate surface area is 66.7 Å². The molecule has 10 heavy (non-hydrogen) atoms. The standard InChI is InChI=1S/C6H6BrNO2/c7-6(8(9)10)4-2-1-3-5-6/h1-4H,5H2. The van der Waals surface area contributed by atoms with Crippen LogP contribution in [0.2, 0.25) is 0 Å². The van der Waals surface area contributed by atoms with Crippen LogP contribution in [-0.2, 0) is 0 Å². The highest BCUT2D eigenvalue weighted by Crippen LogP contribution is 2.27. The Hall–Kier alpha value is -0.640. The first-order chi connectivity index (χ1) is 4.65. The second-order valence-corrected chi connectivity index (χ2v) is 3.44. The summed E-state index contributed by atoms with van der Waals surface area (Å²) in [4.78, 5) is 10.0. The lowest BCUT2D eigenvalue weighted by atomic mass is 10.1. The van der Waals surface area contributed by atoms with E-state index in [4.69, 9.17) is 0 Å². The maximum absolute atomic E-state index is 10.3. The van der Waals surface area contributed by atoms with Crippen LogP contribution in [-0.4, -0.2) is 9.37 Å². The van der Waals surface area contributed by atoms with E-state index in [0.29, 0.717) is 6.42 Å². The lowest BCUT2D eigenvalue weighted by Crippen LogP contribution is -2.28. The molecule has 1 atom stereocenters. The zero-order valence-electron chi connectivity index (χ0n) is 5.16. The maximum atomic E-state index is 10.3. The van der Waals surface area contributed by atoms with Gasteiger partial charge in [0, 0.05) is 26.9 Å². The Morgan fingerprint density at radius 1 is 1.60 bits per heavy atom. The van der Waals surface area contributed by atoms with E-state index >= 15 is 0 Å². The molecule has 0 amide bonds. The molecular weight excluding hydrogens is 198 g/mol. The SMILES string of the molecule is O=[N+]([O-])C1(Br)C=CC=CC1. The van der Waals surface area contributed by atoms with Gasteiger partial charge >= 0.3 is 0 Å². The van der Waals surface area contributed by atoms with Crippen molar-refractivity contribution in [2.45, 2.75) is 10.9 Å². The Kier molecular flexibility index (Phi) is 1.89. The average Bonchev–Trinajstić information content (AvgIpc) is 1.89. The van der Waals surface area contributed by atoms with Crippen molar-refractivity contribution < 1.29 is 4.92 Å². The quantitative estimate of drug-likeness (QED) is 0.283. The Bertz CT molecular complexity index is 212. The van der Waals surface area contributed by atoms with Gasteiger partial charge in [0.2, 0.25) is 0 Å². The van der Waals surface area contributed by atoms with Crippen molar-refractivity contribution in [2.24, 2.45) is 0 Å². The van der Waals surface area contributed by atoms with E-state index in [1.54, 1.807) is 18.2 Å². The third kappa shape index (κ3) is 1.26. The molecule has 0 aromatic carbocycles. The number of allylic oxidation sites excluding steroid dienone is 2. The first-order valence-corrected chi connectivity index (χ1v) is 3.62. The highest BCUT2D eigenvalue weighted by atomic mass is 79.9. The molecule has 0 radical (unpaired) electrons. The van der Waals surface area contributed by atoms with Gasteiger partial charge in [-0.15, -0.1) is 0 Å². The number of halogens is 1. The summed E-state index contributed by atoms with van der Waals surface area (Å²) in [5.74, 6) is 0. The summed E-state index contributed by atoms with van der Waals surface area (Å²) in [7, 11) is 0. The van der Waals surface area contributed by atoms with E-state index in [-0.39, 0.29) is 4.92 Å². The molecule has 0 fully saturated rings. The van der Waals surface area contributed by atoms with Gasteiger partial charge < -0.3 is 0 Å². The van der Waals surface area contributed by atoms with Gasteiger partial charge in [-0.05, 0) is 0 Å². The van der Waals surface area contributed by atoms with Crippen LogP contribution >= 0.6 is 15.9 Å². The van der Waals surface area contributed by atoms with Gasteiger partial charge in [-0.25, -0.2) is 0 Å². The molecule has 0 heterocycles. The van der Waals surface area contributed by atoms with Crippen LogP contribution in [0.4, 0.5) is 0 Å². The molecule has 54 valence electrons. The number of nitrogens with zero attached hydrogens (tertiary/aromatic N) is 1. The molecule has 0 spiro atoms. The van der Waals surface area contributed by atoms with Crippen molar-refractivity contribution in [3.8, 4) is 0 Å².